The molecular formula is C23H33N3O4S. The molecule has 31 heavy (non-hydrogen) atoms. The van der Waals surface area contributed by atoms with Crippen molar-refractivity contribution < 1.29 is 18.0 Å². The van der Waals surface area contributed by atoms with E-state index in [0.29, 0.717) is 6.42 Å². The van der Waals surface area contributed by atoms with Crippen LogP contribution >= 0.6 is 0 Å². The fourth-order valence-corrected chi connectivity index (χ4v) is 5.97. The summed E-state index contributed by atoms with van der Waals surface area (Å²) in [4.78, 5) is 27.1. The number of hydrogen-bond donors (Lipinski definition) is 1. The predicted octanol–water partition coefficient (Wildman–Crippen LogP) is 2.83. The molecule has 0 saturated heterocycles. The second-order valence-electron chi connectivity index (χ2n) is 9.34. The lowest BCUT2D eigenvalue weighted by Gasteiger charge is -2.23. The Kier molecular flexibility index (Phi) is 6.40. The van der Waals surface area contributed by atoms with Gasteiger partial charge in [0.2, 0.25) is 21.8 Å². The number of nitrogens with zero attached hydrogens (tertiary/aromatic N) is 2. The molecule has 0 unspecified atom stereocenters. The first-order valence-electron chi connectivity index (χ1n) is 11.5. The number of fused-ring (bicyclic) bond motifs is 1. The van der Waals surface area contributed by atoms with Crippen molar-refractivity contribution in [1.29, 1.82) is 0 Å². The van der Waals surface area contributed by atoms with Gasteiger partial charge in [0.1, 0.15) is 0 Å². The normalized spacial score (nSPS) is 22.3. The van der Waals surface area contributed by atoms with Crippen LogP contribution in [0.5, 0.6) is 0 Å². The maximum Gasteiger partial charge on any atom is 0.243 e. The van der Waals surface area contributed by atoms with E-state index in [9.17, 15) is 18.0 Å². The summed E-state index contributed by atoms with van der Waals surface area (Å²) in [6.45, 7) is 1.80. The van der Waals surface area contributed by atoms with E-state index in [2.05, 4.69) is 5.32 Å². The molecule has 1 aliphatic heterocycles. The molecule has 8 heteroatoms. The van der Waals surface area contributed by atoms with Crippen LogP contribution in [0.2, 0.25) is 0 Å². The number of nitrogens with one attached hydrogen (secondary N) is 1. The van der Waals surface area contributed by atoms with Crippen LogP contribution in [0.25, 0.3) is 0 Å². The molecule has 0 aromatic heterocycles. The van der Waals surface area contributed by atoms with Gasteiger partial charge in [0.15, 0.2) is 0 Å². The fourth-order valence-electron chi connectivity index (χ4n) is 4.79. The second-order valence-corrected chi connectivity index (χ2v) is 11.4. The lowest BCUT2D eigenvalue weighted by atomic mass is 10.1. The summed E-state index contributed by atoms with van der Waals surface area (Å²) >= 11 is 0. The Morgan fingerprint density at radius 2 is 1.77 bits per heavy atom. The van der Waals surface area contributed by atoms with Gasteiger partial charge in [-0.2, -0.15) is 4.31 Å². The van der Waals surface area contributed by atoms with Crippen molar-refractivity contribution in [1.82, 2.24) is 9.62 Å². The SMILES string of the molecule is C[C@@H]1Cc2cc(S(=O)(=O)N(C)CC(=O)NC3CCCCCC3)ccc2N1C(=O)C1CC1. The van der Waals surface area contributed by atoms with Gasteiger partial charge in [0.25, 0.3) is 0 Å². The molecule has 7 nitrogen and oxygen atoms in total. The number of carbonyl (C=O) groups is 2. The summed E-state index contributed by atoms with van der Waals surface area (Å²) in [5.41, 5.74) is 1.69. The fraction of sp³-hybridized carbons (Fsp3) is 0.652. The molecule has 2 saturated carbocycles. The first-order chi connectivity index (χ1) is 14.8. The van der Waals surface area contributed by atoms with E-state index in [0.717, 1.165) is 54.1 Å². The zero-order chi connectivity index (χ0) is 22.2. The van der Waals surface area contributed by atoms with Crippen LogP contribution in [0, 0.1) is 5.92 Å². The zero-order valence-electron chi connectivity index (χ0n) is 18.5. The monoisotopic (exact) mass is 447 g/mol. The Morgan fingerprint density at radius 3 is 2.42 bits per heavy atom. The largest absolute Gasteiger partial charge is 0.352 e. The van der Waals surface area contributed by atoms with Gasteiger partial charge in [-0.15, -0.1) is 0 Å². The summed E-state index contributed by atoms with van der Waals surface area (Å²) in [5, 5.41) is 3.01. The summed E-state index contributed by atoms with van der Waals surface area (Å²) in [6, 6.07) is 5.14. The van der Waals surface area contributed by atoms with Crippen molar-refractivity contribution in [2.24, 2.45) is 5.92 Å². The van der Waals surface area contributed by atoms with Crippen molar-refractivity contribution in [3.8, 4) is 0 Å². The number of likely N-dealkylation sites (N-methyl/N-ethyl adjacent to an activating group) is 1. The van der Waals surface area contributed by atoms with Gasteiger partial charge < -0.3 is 10.2 Å². The van der Waals surface area contributed by atoms with Crippen LogP contribution in [0.3, 0.4) is 0 Å². The van der Waals surface area contributed by atoms with E-state index < -0.39 is 10.0 Å². The molecule has 0 spiro atoms. The average molecular weight is 448 g/mol. The van der Waals surface area contributed by atoms with Gasteiger partial charge in [-0.05, 0) is 62.8 Å². The highest BCUT2D eigenvalue weighted by atomic mass is 32.2. The third-order valence-electron chi connectivity index (χ3n) is 6.73. The number of rotatable bonds is 6. The number of hydrogen-bond acceptors (Lipinski definition) is 4. The second kappa shape index (κ2) is 8.90. The maximum absolute atomic E-state index is 13.1. The van der Waals surface area contributed by atoms with Crippen molar-refractivity contribution in [2.75, 3.05) is 18.5 Å². The lowest BCUT2D eigenvalue weighted by Crippen LogP contribution is -2.42. The van der Waals surface area contributed by atoms with Gasteiger partial charge >= 0.3 is 0 Å². The highest BCUT2D eigenvalue weighted by Crippen LogP contribution is 2.39. The molecule has 2 fully saturated rings. The molecule has 0 radical (unpaired) electrons. The van der Waals surface area contributed by atoms with E-state index >= 15 is 0 Å². The summed E-state index contributed by atoms with van der Waals surface area (Å²) in [5.74, 6) is 0.0121. The minimum atomic E-state index is -3.79. The van der Waals surface area contributed by atoms with Crippen LogP contribution in [-0.4, -0.2) is 50.2 Å². The number of carbonyl (C=O) groups excluding carboxylic acids is 2. The van der Waals surface area contributed by atoms with Crippen LogP contribution in [0.4, 0.5) is 5.69 Å². The van der Waals surface area contributed by atoms with Crippen molar-refractivity contribution in [3.05, 3.63) is 23.8 Å². The Bertz CT molecular complexity index is 950. The molecule has 0 bridgehead atoms. The molecule has 2 aliphatic carbocycles. The minimum absolute atomic E-state index is 0.0316. The Morgan fingerprint density at radius 1 is 1.10 bits per heavy atom. The molecule has 1 aromatic carbocycles. The number of benzene rings is 1. The topological polar surface area (TPSA) is 86.8 Å². The van der Waals surface area contributed by atoms with Gasteiger partial charge in [0.05, 0.1) is 11.4 Å². The quantitative estimate of drug-likeness (QED) is 0.680. The lowest BCUT2D eigenvalue weighted by molar-refractivity contribution is -0.122. The summed E-state index contributed by atoms with van der Waals surface area (Å²) in [6.07, 6.45) is 9.04. The standard InChI is InChI=1S/C23H33N3O4S/c1-16-13-18-14-20(11-12-21(18)26(16)23(28)17-9-10-17)31(29,30)25(2)15-22(27)24-19-7-5-3-4-6-8-19/h11-12,14,16-17,19H,3-10,13,15H2,1-2H3,(H,24,27)/t16-/m1/s1. The van der Waals surface area contributed by atoms with E-state index in [4.69, 9.17) is 0 Å². The Balaban J connectivity index is 1.44. The molecule has 1 atom stereocenters. The highest BCUT2D eigenvalue weighted by Gasteiger charge is 2.40. The number of amides is 2. The molecule has 4 rings (SSSR count). The molecule has 1 heterocycles. The molecule has 1 N–H and O–H groups in total. The Hall–Kier alpha value is -1.93. The van der Waals surface area contributed by atoms with Crippen LogP contribution in [0.1, 0.15) is 63.9 Å². The van der Waals surface area contributed by atoms with E-state index in [1.807, 2.05) is 11.8 Å². The van der Waals surface area contributed by atoms with Gasteiger partial charge in [-0.3, -0.25) is 9.59 Å². The zero-order valence-corrected chi connectivity index (χ0v) is 19.3. The molecule has 2 amide bonds. The molecule has 1 aromatic rings. The first kappa shape index (κ1) is 22.3. The van der Waals surface area contributed by atoms with Crippen molar-refractivity contribution in [2.45, 2.75) is 81.7 Å². The van der Waals surface area contributed by atoms with Crippen molar-refractivity contribution in [3.63, 3.8) is 0 Å². The average Bonchev–Trinajstić information content (AvgIpc) is 3.53. The van der Waals surface area contributed by atoms with Crippen LogP contribution in [0.15, 0.2) is 23.1 Å². The van der Waals surface area contributed by atoms with Gasteiger partial charge in [-0.1, -0.05) is 25.7 Å². The highest BCUT2D eigenvalue weighted by molar-refractivity contribution is 7.89. The van der Waals surface area contributed by atoms with E-state index in [-0.39, 0.29) is 41.3 Å². The molecular weight excluding hydrogens is 414 g/mol. The first-order valence-corrected chi connectivity index (χ1v) is 12.9. The molecule has 170 valence electrons. The summed E-state index contributed by atoms with van der Waals surface area (Å²) < 4.78 is 27.3. The van der Waals surface area contributed by atoms with E-state index in [1.54, 1.807) is 18.2 Å². The third-order valence-corrected chi connectivity index (χ3v) is 8.52. The number of sulfonamides is 1. The predicted molar refractivity (Wildman–Crippen MR) is 119 cm³/mol. The van der Waals surface area contributed by atoms with E-state index in [1.165, 1.54) is 19.9 Å². The van der Waals surface area contributed by atoms with Crippen molar-refractivity contribution >= 4 is 27.5 Å². The smallest absolute Gasteiger partial charge is 0.243 e. The van der Waals surface area contributed by atoms with Crippen LogP contribution in [-0.2, 0) is 26.0 Å². The van der Waals surface area contributed by atoms with Gasteiger partial charge in [0, 0.05) is 30.7 Å². The van der Waals surface area contributed by atoms with Gasteiger partial charge in [-0.25, -0.2) is 8.42 Å². The third kappa shape index (κ3) is 4.80. The molecule has 3 aliphatic rings. The summed E-state index contributed by atoms with van der Waals surface area (Å²) in [7, 11) is -2.35. The Labute approximate surface area is 185 Å². The maximum atomic E-state index is 13.1. The minimum Gasteiger partial charge on any atom is -0.352 e. The van der Waals surface area contributed by atoms with Crippen LogP contribution < -0.4 is 10.2 Å². The number of anilines is 1.